The molecule has 0 saturated carbocycles. The van der Waals surface area contributed by atoms with Crippen LogP contribution in [0.2, 0.25) is 0 Å². The zero-order valence-electron chi connectivity index (χ0n) is 18.7. The van der Waals surface area contributed by atoms with E-state index in [0.717, 1.165) is 40.8 Å². The fourth-order valence-corrected chi connectivity index (χ4v) is 4.35. The zero-order chi connectivity index (χ0) is 23.3. The van der Waals surface area contributed by atoms with Crippen molar-refractivity contribution in [2.75, 3.05) is 32.8 Å². The molecule has 1 aliphatic heterocycles. The number of carbonyl (C=O) groups is 1. The third-order valence-corrected chi connectivity index (χ3v) is 6.13. The van der Waals surface area contributed by atoms with Gasteiger partial charge < -0.3 is 10.1 Å². The molecule has 0 radical (unpaired) electrons. The van der Waals surface area contributed by atoms with E-state index in [0.29, 0.717) is 25.3 Å². The van der Waals surface area contributed by atoms with Crippen LogP contribution in [0.5, 0.6) is 0 Å². The number of amides is 1. The van der Waals surface area contributed by atoms with Crippen molar-refractivity contribution in [1.82, 2.24) is 20.2 Å². The Morgan fingerprint density at radius 3 is 2.53 bits per heavy atom. The summed E-state index contributed by atoms with van der Waals surface area (Å²) in [7, 11) is 0. The summed E-state index contributed by atoms with van der Waals surface area (Å²) in [5, 5.41) is 3.92. The van der Waals surface area contributed by atoms with E-state index in [1.165, 1.54) is 12.1 Å². The van der Waals surface area contributed by atoms with Crippen molar-refractivity contribution in [2.45, 2.75) is 6.04 Å². The van der Waals surface area contributed by atoms with Gasteiger partial charge >= 0.3 is 0 Å². The minimum atomic E-state index is -0.277. The topological polar surface area (TPSA) is 67.4 Å². The molecule has 1 fully saturated rings. The number of halogens is 1. The average Bonchev–Trinajstić information content (AvgIpc) is 2.90. The largest absolute Gasteiger partial charge is 0.379 e. The predicted octanol–water partition coefficient (Wildman–Crippen LogP) is 4.24. The minimum Gasteiger partial charge on any atom is -0.379 e. The maximum atomic E-state index is 13.5. The van der Waals surface area contributed by atoms with Crippen LogP contribution in [0.25, 0.3) is 22.2 Å². The van der Waals surface area contributed by atoms with Gasteiger partial charge in [0.1, 0.15) is 5.82 Å². The van der Waals surface area contributed by atoms with Crippen LogP contribution in [0.1, 0.15) is 22.0 Å². The Balaban J connectivity index is 1.44. The summed E-state index contributed by atoms with van der Waals surface area (Å²) in [5.74, 6) is -0.449. The molecule has 0 spiro atoms. The highest BCUT2D eigenvalue weighted by molar-refractivity contribution is 6.07. The molecule has 34 heavy (non-hydrogen) atoms. The lowest BCUT2D eigenvalue weighted by Gasteiger charge is -2.35. The molecule has 1 N–H and O–H groups in total. The molecule has 1 amide bonds. The zero-order valence-corrected chi connectivity index (χ0v) is 18.7. The van der Waals surface area contributed by atoms with Gasteiger partial charge in [-0.15, -0.1) is 0 Å². The van der Waals surface area contributed by atoms with E-state index in [4.69, 9.17) is 9.72 Å². The van der Waals surface area contributed by atoms with Gasteiger partial charge in [0.15, 0.2) is 0 Å². The number of fused-ring (bicyclic) bond motifs is 1. The Bertz CT molecular complexity index is 1280. The number of hydrogen-bond donors (Lipinski definition) is 1. The van der Waals surface area contributed by atoms with Gasteiger partial charge in [0.2, 0.25) is 0 Å². The van der Waals surface area contributed by atoms with Crippen molar-refractivity contribution >= 4 is 16.8 Å². The van der Waals surface area contributed by atoms with Crippen molar-refractivity contribution in [3.05, 3.63) is 96.1 Å². The Morgan fingerprint density at radius 1 is 1.03 bits per heavy atom. The third kappa shape index (κ3) is 4.81. The van der Waals surface area contributed by atoms with Crippen LogP contribution in [0.15, 0.2) is 79.1 Å². The van der Waals surface area contributed by atoms with E-state index in [-0.39, 0.29) is 17.8 Å². The van der Waals surface area contributed by atoms with Crippen LogP contribution in [-0.4, -0.2) is 53.6 Å². The molecule has 2 aromatic carbocycles. The number of rotatable bonds is 6. The first-order chi connectivity index (χ1) is 16.7. The second kappa shape index (κ2) is 10.1. The van der Waals surface area contributed by atoms with Crippen molar-refractivity contribution in [3.63, 3.8) is 0 Å². The van der Waals surface area contributed by atoms with Crippen LogP contribution in [-0.2, 0) is 4.74 Å². The smallest absolute Gasteiger partial charge is 0.252 e. The highest BCUT2D eigenvalue weighted by atomic mass is 19.1. The van der Waals surface area contributed by atoms with E-state index in [2.05, 4.69) is 15.2 Å². The molecule has 7 heteroatoms. The maximum absolute atomic E-state index is 13.5. The number of aromatic nitrogens is 2. The standard InChI is InChI=1S/C27H25FN4O2/c28-21-7-5-20(6-8-21)26(32-13-15-34-16-14-32)18-30-27(33)23-17-25(19-9-11-29-12-10-19)31-24-4-2-1-3-22(23)24/h1-12,17,26H,13-16,18H2,(H,30,33)/t26-/m0/s1. The van der Waals surface area contributed by atoms with Crippen molar-refractivity contribution in [3.8, 4) is 11.3 Å². The van der Waals surface area contributed by atoms with E-state index in [1.54, 1.807) is 24.5 Å². The summed E-state index contributed by atoms with van der Waals surface area (Å²) < 4.78 is 19.0. The number of ether oxygens (including phenoxy) is 1. The molecule has 0 unspecified atom stereocenters. The number of hydrogen-bond acceptors (Lipinski definition) is 5. The first-order valence-corrected chi connectivity index (χ1v) is 11.3. The number of pyridine rings is 2. The van der Waals surface area contributed by atoms with Crippen LogP contribution < -0.4 is 5.32 Å². The summed E-state index contributed by atoms with van der Waals surface area (Å²) in [6.45, 7) is 3.17. The van der Waals surface area contributed by atoms with Crippen LogP contribution in [0.3, 0.4) is 0 Å². The molecule has 0 bridgehead atoms. The molecule has 1 atom stereocenters. The predicted molar refractivity (Wildman–Crippen MR) is 129 cm³/mol. The molecular weight excluding hydrogens is 431 g/mol. The summed E-state index contributed by atoms with van der Waals surface area (Å²) in [5.41, 5.74) is 3.89. The molecule has 172 valence electrons. The summed E-state index contributed by atoms with van der Waals surface area (Å²) in [6.07, 6.45) is 3.42. The lowest BCUT2D eigenvalue weighted by molar-refractivity contribution is 0.0162. The van der Waals surface area contributed by atoms with E-state index in [9.17, 15) is 9.18 Å². The van der Waals surface area contributed by atoms with Crippen molar-refractivity contribution in [2.24, 2.45) is 0 Å². The lowest BCUT2D eigenvalue weighted by Crippen LogP contribution is -2.43. The van der Waals surface area contributed by atoms with Crippen molar-refractivity contribution < 1.29 is 13.9 Å². The SMILES string of the molecule is O=C(NC[C@@H](c1ccc(F)cc1)N1CCOCC1)c1cc(-c2ccncc2)nc2ccccc12. The Morgan fingerprint density at radius 2 is 1.76 bits per heavy atom. The molecule has 4 aromatic rings. The van der Waals surface area contributed by atoms with Gasteiger partial charge in [-0.3, -0.25) is 14.7 Å². The number of morpholine rings is 1. The summed E-state index contributed by atoms with van der Waals surface area (Å²) in [4.78, 5) is 24.6. The first-order valence-electron chi connectivity index (χ1n) is 11.3. The van der Waals surface area contributed by atoms with Gasteiger partial charge in [-0.1, -0.05) is 30.3 Å². The van der Waals surface area contributed by atoms with Gasteiger partial charge in [-0.25, -0.2) is 9.37 Å². The highest BCUT2D eigenvalue weighted by Crippen LogP contribution is 2.26. The molecular formula is C27H25FN4O2. The highest BCUT2D eigenvalue weighted by Gasteiger charge is 2.24. The first kappa shape index (κ1) is 22.1. The second-order valence-electron chi connectivity index (χ2n) is 8.23. The molecule has 5 rings (SSSR count). The third-order valence-electron chi connectivity index (χ3n) is 6.13. The second-order valence-corrected chi connectivity index (χ2v) is 8.23. The quantitative estimate of drug-likeness (QED) is 0.470. The van der Waals surface area contributed by atoms with Crippen LogP contribution in [0.4, 0.5) is 4.39 Å². The molecule has 1 saturated heterocycles. The number of carbonyl (C=O) groups excluding carboxylic acids is 1. The van der Waals surface area contributed by atoms with Crippen molar-refractivity contribution in [1.29, 1.82) is 0 Å². The molecule has 6 nitrogen and oxygen atoms in total. The molecule has 2 aromatic heterocycles. The van der Waals surface area contributed by atoms with E-state index >= 15 is 0 Å². The van der Waals surface area contributed by atoms with Gasteiger partial charge in [0, 0.05) is 43.0 Å². The fraction of sp³-hybridized carbons (Fsp3) is 0.222. The Labute approximate surface area is 197 Å². The van der Waals surface area contributed by atoms with Gasteiger partial charge in [-0.2, -0.15) is 0 Å². The molecule has 3 heterocycles. The van der Waals surface area contributed by atoms with Crippen LogP contribution in [0, 0.1) is 5.82 Å². The van der Waals surface area contributed by atoms with Gasteiger partial charge in [0.25, 0.3) is 5.91 Å². The normalized spacial score (nSPS) is 15.2. The average molecular weight is 457 g/mol. The fourth-order valence-electron chi connectivity index (χ4n) is 4.35. The molecule has 1 aliphatic rings. The Hall–Kier alpha value is -3.68. The number of para-hydroxylation sites is 1. The maximum Gasteiger partial charge on any atom is 0.252 e. The minimum absolute atomic E-state index is 0.0822. The van der Waals surface area contributed by atoms with Gasteiger partial charge in [0.05, 0.1) is 36.0 Å². The van der Waals surface area contributed by atoms with E-state index < -0.39 is 0 Å². The Kier molecular flexibility index (Phi) is 6.56. The number of benzene rings is 2. The van der Waals surface area contributed by atoms with Gasteiger partial charge in [-0.05, 0) is 42.0 Å². The van der Waals surface area contributed by atoms with E-state index in [1.807, 2.05) is 42.5 Å². The summed E-state index contributed by atoms with van der Waals surface area (Å²) >= 11 is 0. The van der Waals surface area contributed by atoms with Crippen LogP contribution >= 0.6 is 0 Å². The lowest BCUT2D eigenvalue weighted by atomic mass is 10.0. The summed E-state index contributed by atoms with van der Waals surface area (Å²) in [6, 6.07) is 19.6. The molecule has 0 aliphatic carbocycles. The number of nitrogens with zero attached hydrogens (tertiary/aromatic N) is 3. The monoisotopic (exact) mass is 456 g/mol. The number of nitrogens with one attached hydrogen (secondary N) is 1.